The molecule has 0 spiro atoms. The van der Waals surface area contributed by atoms with Crippen LogP contribution >= 0.6 is 24.0 Å². The number of aliphatic imine (C=N–C) groups is 1. The molecule has 2 rings (SSSR count). The number of guanidine groups is 1. The third-order valence-electron chi connectivity index (χ3n) is 3.95. The van der Waals surface area contributed by atoms with E-state index >= 15 is 0 Å². The van der Waals surface area contributed by atoms with Gasteiger partial charge in [-0.05, 0) is 37.3 Å². The van der Waals surface area contributed by atoms with Crippen LogP contribution in [0.2, 0.25) is 0 Å². The van der Waals surface area contributed by atoms with Crippen molar-refractivity contribution in [3.05, 3.63) is 36.2 Å². The third kappa shape index (κ3) is 5.37. The monoisotopic (exact) mass is 402 g/mol. The molecule has 0 aromatic carbocycles. The molecule has 0 amide bonds. The molecule has 0 bridgehead atoms. The highest BCUT2D eigenvalue weighted by molar-refractivity contribution is 14.0. The average Bonchev–Trinajstić information content (AvgIpc) is 2.86. The van der Waals surface area contributed by atoms with Gasteiger partial charge in [0.05, 0.1) is 6.54 Å². The molecular formula is C16H27IN4. The van der Waals surface area contributed by atoms with E-state index in [1.807, 2.05) is 7.05 Å². The Hall–Kier alpha value is -0.980. The van der Waals surface area contributed by atoms with Crippen LogP contribution in [0.4, 0.5) is 0 Å². The minimum atomic E-state index is 0. The lowest BCUT2D eigenvalue weighted by molar-refractivity contribution is 0.429. The fourth-order valence-corrected chi connectivity index (χ4v) is 2.64. The molecule has 1 unspecified atom stereocenters. The number of nitrogens with zero attached hydrogens (tertiary/aromatic N) is 3. The van der Waals surface area contributed by atoms with E-state index in [4.69, 9.17) is 0 Å². The zero-order valence-electron chi connectivity index (χ0n) is 13.2. The lowest BCUT2D eigenvalue weighted by atomic mass is 9.94. The van der Waals surface area contributed by atoms with Gasteiger partial charge in [0, 0.05) is 39.6 Å². The Labute approximate surface area is 145 Å². The molecular weight excluding hydrogens is 375 g/mol. The Morgan fingerprint density at radius 3 is 2.86 bits per heavy atom. The molecule has 1 aliphatic carbocycles. The highest BCUT2D eigenvalue weighted by Gasteiger charge is 2.13. The first kappa shape index (κ1) is 18.1. The second kappa shape index (κ2) is 9.12. The molecule has 1 atom stereocenters. The number of rotatable bonds is 4. The first-order chi connectivity index (χ1) is 9.70. The van der Waals surface area contributed by atoms with Crippen LogP contribution < -0.4 is 5.32 Å². The summed E-state index contributed by atoms with van der Waals surface area (Å²) in [6.07, 6.45) is 10.3. The van der Waals surface area contributed by atoms with Crippen molar-refractivity contribution < 1.29 is 0 Å². The highest BCUT2D eigenvalue weighted by atomic mass is 127. The quantitative estimate of drug-likeness (QED) is 0.364. The van der Waals surface area contributed by atoms with Crippen molar-refractivity contribution in [3.8, 4) is 0 Å². The molecule has 21 heavy (non-hydrogen) atoms. The summed E-state index contributed by atoms with van der Waals surface area (Å²) in [5.74, 6) is 1.71. The summed E-state index contributed by atoms with van der Waals surface area (Å²) in [6, 6.07) is 4.23. The summed E-state index contributed by atoms with van der Waals surface area (Å²) in [5, 5.41) is 3.50. The normalized spacial score (nSPS) is 18.2. The number of hydrogen-bond acceptors (Lipinski definition) is 1. The molecule has 0 saturated carbocycles. The Morgan fingerprint density at radius 1 is 1.48 bits per heavy atom. The van der Waals surface area contributed by atoms with E-state index in [1.165, 1.54) is 25.0 Å². The maximum atomic E-state index is 4.39. The van der Waals surface area contributed by atoms with Crippen LogP contribution in [0.3, 0.4) is 0 Å². The number of aryl methyl sites for hydroxylation is 1. The van der Waals surface area contributed by atoms with Gasteiger partial charge < -0.3 is 14.8 Å². The zero-order valence-corrected chi connectivity index (χ0v) is 15.6. The van der Waals surface area contributed by atoms with E-state index in [0.717, 1.165) is 25.0 Å². The molecule has 1 aliphatic rings. The third-order valence-corrected chi connectivity index (χ3v) is 3.95. The van der Waals surface area contributed by atoms with Gasteiger partial charge in [0.25, 0.3) is 0 Å². The molecule has 0 saturated heterocycles. The van der Waals surface area contributed by atoms with Gasteiger partial charge in [0.2, 0.25) is 0 Å². The van der Waals surface area contributed by atoms with Crippen molar-refractivity contribution in [1.82, 2.24) is 14.8 Å². The van der Waals surface area contributed by atoms with E-state index in [0.29, 0.717) is 0 Å². The fraction of sp³-hybridized carbons (Fsp3) is 0.562. The van der Waals surface area contributed by atoms with Crippen LogP contribution in [-0.2, 0) is 13.6 Å². The predicted molar refractivity (Wildman–Crippen MR) is 100 cm³/mol. The Kier molecular flexibility index (Phi) is 7.85. The van der Waals surface area contributed by atoms with E-state index in [-0.39, 0.29) is 24.0 Å². The number of halogens is 1. The van der Waals surface area contributed by atoms with Crippen LogP contribution in [0.5, 0.6) is 0 Å². The summed E-state index contributed by atoms with van der Waals surface area (Å²) in [6.45, 7) is 1.88. The van der Waals surface area contributed by atoms with Crippen molar-refractivity contribution in [2.45, 2.75) is 25.8 Å². The van der Waals surface area contributed by atoms with Gasteiger partial charge in [-0.2, -0.15) is 0 Å². The predicted octanol–water partition coefficient (Wildman–Crippen LogP) is 3.01. The van der Waals surface area contributed by atoms with Crippen molar-refractivity contribution in [1.29, 1.82) is 0 Å². The minimum absolute atomic E-state index is 0. The maximum Gasteiger partial charge on any atom is 0.193 e. The van der Waals surface area contributed by atoms with Crippen LogP contribution in [-0.4, -0.2) is 36.1 Å². The Morgan fingerprint density at radius 2 is 2.29 bits per heavy atom. The lowest BCUT2D eigenvalue weighted by Crippen LogP contribution is -2.41. The van der Waals surface area contributed by atoms with E-state index < -0.39 is 0 Å². The lowest BCUT2D eigenvalue weighted by Gasteiger charge is -2.25. The van der Waals surface area contributed by atoms with Gasteiger partial charge >= 0.3 is 0 Å². The molecule has 0 radical (unpaired) electrons. The van der Waals surface area contributed by atoms with Gasteiger partial charge in [-0.1, -0.05) is 12.2 Å². The number of nitrogens with one attached hydrogen (secondary N) is 1. The number of aromatic nitrogens is 1. The summed E-state index contributed by atoms with van der Waals surface area (Å²) < 4.78 is 2.15. The summed E-state index contributed by atoms with van der Waals surface area (Å²) in [7, 11) is 6.02. The highest BCUT2D eigenvalue weighted by Crippen LogP contribution is 2.17. The van der Waals surface area contributed by atoms with Crippen LogP contribution in [0.25, 0.3) is 0 Å². The standard InChI is InChI=1S/C16H26N4.HI/c1-17-16(18-12-14-8-5-4-6-9-14)20(3)13-15-10-7-11-19(15)2;/h4-5,7,10-11,14H,6,8-9,12-13H2,1-3H3,(H,17,18);1H. The van der Waals surface area contributed by atoms with Gasteiger partial charge in [0.1, 0.15) is 0 Å². The molecule has 1 aromatic rings. The van der Waals surface area contributed by atoms with Crippen molar-refractivity contribution in [2.75, 3.05) is 20.6 Å². The topological polar surface area (TPSA) is 32.6 Å². The first-order valence-corrected chi connectivity index (χ1v) is 7.37. The fourth-order valence-electron chi connectivity index (χ4n) is 2.64. The number of hydrogen-bond donors (Lipinski definition) is 1. The molecule has 0 fully saturated rings. The first-order valence-electron chi connectivity index (χ1n) is 7.37. The van der Waals surface area contributed by atoms with E-state index in [1.54, 1.807) is 0 Å². The summed E-state index contributed by atoms with van der Waals surface area (Å²) >= 11 is 0. The number of allylic oxidation sites excluding steroid dienone is 2. The Bertz CT molecular complexity index is 478. The van der Waals surface area contributed by atoms with Gasteiger partial charge in [-0.15, -0.1) is 24.0 Å². The van der Waals surface area contributed by atoms with Gasteiger partial charge in [-0.3, -0.25) is 4.99 Å². The molecule has 0 aliphatic heterocycles. The molecule has 1 N–H and O–H groups in total. The minimum Gasteiger partial charge on any atom is -0.356 e. The SMILES string of the molecule is CN=C(NCC1CC=CCC1)N(C)Cc1cccn1C.I. The molecule has 5 heteroatoms. The van der Waals surface area contributed by atoms with Crippen molar-refractivity contribution in [3.63, 3.8) is 0 Å². The second-order valence-electron chi connectivity index (χ2n) is 5.55. The Balaban J connectivity index is 0.00000220. The average molecular weight is 402 g/mol. The van der Waals surface area contributed by atoms with Crippen LogP contribution in [0.15, 0.2) is 35.5 Å². The summed E-state index contributed by atoms with van der Waals surface area (Å²) in [4.78, 5) is 6.56. The zero-order chi connectivity index (χ0) is 14.4. The van der Waals surface area contributed by atoms with Crippen molar-refractivity contribution in [2.24, 2.45) is 18.0 Å². The smallest absolute Gasteiger partial charge is 0.193 e. The van der Waals surface area contributed by atoms with Crippen LogP contribution in [0.1, 0.15) is 25.0 Å². The van der Waals surface area contributed by atoms with Crippen molar-refractivity contribution >= 4 is 29.9 Å². The van der Waals surface area contributed by atoms with E-state index in [2.05, 4.69) is 64.4 Å². The van der Waals surface area contributed by atoms with E-state index in [9.17, 15) is 0 Å². The van der Waals surface area contributed by atoms with Gasteiger partial charge in [-0.25, -0.2) is 0 Å². The summed E-state index contributed by atoms with van der Waals surface area (Å²) in [5.41, 5.74) is 1.29. The van der Waals surface area contributed by atoms with Crippen LogP contribution in [0, 0.1) is 5.92 Å². The molecule has 118 valence electrons. The van der Waals surface area contributed by atoms with Gasteiger partial charge in [0.15, 0.2) is 5.96 Å². The largest absolute Gasteiger partial charge is 0.356 e. The second-order valence-corrected chi connectivity index (χ2v) is 5.55. The molecule has 4 nitrogen and oxygen atoms in total. The maximum absolute atomic E-state index is 4.39. The molecule has 1 aromatic heterocycles. The molecule has 1 heterocycles.